The minimum absolute atomic E-state index is 0.774. The van der Waals surface area contributed by atoms with Crippen LogP contribution < -0.4 is 4.40 Å². The Balaban J connectivity index is 1.91. The summed E-state index contributed by atoms with van der Waals surface area (Å²) >= 11 is 0. The Bertz CT molecular complexity index is 1530. The minimum atomic E-state index is 0.774. The van der Waals surface area contributed by atoms with E-state index in [0.29, 0.717) is 0 Å². The van der Waals surface area contributed by atoms with Crippen molar-refractivity contribution in [1.82, 2.24) is 9.97 Å². The zero-order valence-corrected chi connectivity index (χ0v) is 19.7. The molecule has 0 aliphatic carbocycles. The van der Waals surface area contributed by atoms with Crippen molar-refractivity contribution in [1.29, 1.82) is 0 Å². The minimum Gasteiger partial charge on any atom is -0.255 e. The third-order valence-electron chi connectivity index (χ3n) is 6.00. The number of hydrogen-bond acceptors (Lipinski definition) is 3. The van der Waals surface area contributed by atoms with E-state index in [2.05, 4.69) is 86.6 Å². The second kappa shape index (κ2) is 8.21. The van der Waals surface area contributed by atoms with Gasteiger partial charge >= 0.3 is 0 Å². The SMILES string of the molecule is Cc1cc(C)c(N=C(c2ccccn2)c2nc3c(C)cc(C)cc3[n+]3ccccc23)c(C)c1. The van der Waals surface area contributed by atoms with Gasteiger partial charge in [-0.25, -0.2) is 9.98 Å². The van der Waals surface area contributed by atoms with E-state index < -0.39 is 0 Å². The van der Waals surface area contributed by atoms with Crippen LogP contribution in [0.15, 0.2) is 78.0 Å². The summed E-state index contributed by atoms with van der Waals surface area (Å²) in [5, 5.41) is 0. The van der Waals surface area contributed by atoms with E-state index in [0.717, 1.165) is 56.0 Å². The quantitative estimate of drug-likeness (QED) is 0.197. The fourth-order valence-corrected chi connectivity index (χ4v) is 4.65. The van der Waals surface area contributed by atoms with Crippen LogP contribution in [0.5, 0.6) is 0 Å². The number of hydrogen-bond donors (Lipinski definition) is 0. The molecule has 4 heteroatoms. The molecule has 0 aliphatic rings. The first-order valence-corrected chi connectivity index (χ1v) is 11.2. The fraction of sp³-hybridized carbons (Fsp3) is 0.172. The van der Waals surface area contributed by atoms with Crippen LogP contribution in [0.2, 0.25) is 0 Å². The number of pyridine rings is 2. The lowest BCUT2D eigenvalue weighted by Gasteiger charge is -2.12. The zero-order valence-electron chi connectivity index (χ0n) is 19.7. The second-order valence-corrected chi connectivity index (χ2v) is 8.79. The molecule has 3 heterocycles. The number of nitrogens with zero attached hydrogens (tertiary/aromatic N) is 4. The first-order chi connectivity index (χ1) is 15.9. The number of benzene rings is 2. The highest BCUT2D eigenvalue weighted by atomic mass is 14.9. The Morgan fingerprint density at radius 1 is 0.758 bits per heavy atom. The van der Waals surface area contributed by atoms with Crippen LogP contribution in [0.4, 0.5) is 5.69 Å². The Kier molecular flexibility index (Phi) is 5.21. The van der Waals surface area contributed by atoms with E-state index in [1.807, 2.05) is 30.5 Å². The molecule has 0 radical (unpaired) electrons. The van der Waals surface area contributed by atoms with Crippen LogP contribution in [0.25, 0.3) is 16.6 Å². The first kappa shape index (κ1) is 21.0. The molecule has 5 rings (SSSR count). The van der Waals surface area contributed by atoms with Crippen molar-refractivity contribution >= 4 is 27.9 Å². The topological polar surface area (TPSA) is 42.2 Å². The maximum Gasteiger partial charge on any atom is 0.239 e. The smallest absolute Gasteiger partial charge is 0.239 e. The summed E-state index contributed by atoms with van der Waals surface area (Å²) in [5.41, 5.74) is 12.3. The third-order valence-corrected chi connectivity index (χ3v) is 6.00. The highest BCUT2D eigenvalue weighted by Gasteiger charge is 2.23. The summed E-state index contributed by atoms with van der Waals surface area (Å²) in [7, 11) is 0. The van der Waals surface area contributed by atoms with Gasteiger partial charge in [-0.2, -0.15) is 4.40 Å². The number of rotatable bonds is 3. The van der Waals surface area contributed by atoms with Gasteiger partial charge in [-0.1, -0.05) is 29.8 Å². The second-order valence-electron chi connectivity index (χ2n) is 8.79. The Hall–Kier alpha value is -3.92. The van der Waals surface area contributed by atoms with E-state index in [1.54, 1.807) is 0 Å². The summed E-state index contributed by atoms with van der Waals surface area (Å²) in [4.78, 5) is 15.1. The number of aliphatic imine (C=N–C) groups is 1. The molecule has 0 atom stereocenters. The number of fused-ring (bicyclic) bond motifs is 3. The van der Waals surface area contributed by atoms with Crippen molar-refractivity contribution in [3.05, 3.63) is 112 Å². The molecule has 0 spiro atoms. The van der Waals surface area contributed by atoms with Gasteiger partial charge in [0.2, 0.25) is 11.0 Å². The van der Waals surface area contributed by atoms with Gasteiger partial charge in [0.1, 0.15) is 11.2 Å². The van der Waals surface area contributed by atoms with Crippen LogP contribution in [0.3, 0.4) is 0 Å². The zero-order chi connectivity index (χ0) is 23.1. The molecule has 0 saturated carbocycles. The summed E-state index contributed by atoms with van der Waals surface area (Å²) in [5.74, 6) is 0. The van der Waals surface area contributed by atoms with Gasteiger partial charge in [-0.05, 0) is 75.1 Å². The van der Waals surface area contributed by atoms with Gasteiger partial charge in [0, 0.05) is 24.4 Å². The molecule has 5 aromatic rings. The van der Waals surface area contributed by atoms with Gasteiger partial charge in [0.15, 0.2) is 11.9 Å². The van der Waals surface area contributed by atoms with Gasteiger partial charge < -0.3 is 0 Å². The van der Waals surface area contributed by atoms with Gasteiger partial charge in [-0.15, -0.1) is 0 Å². The summed E-state index contributed by atoms with van der Waals surface area (Å²) in [6.45, 7) is 10.6. The molecular formula is C29H27N4+. The molecule has 0 amide bonds. The van der Waals surface area contributed by atoms with Crippen LogP contribution in [-0.2, 0) is 0 Å². The first-order valence-electron chi connectivity index (χ1n) is 11.2. The van der Waals surface area contributed by atoms with E-state index in [1.165, 1.54) is 11.1 Å². The number of aromatic nitrogens is 3. The molecule has 0 fully saturated rings. The standard InChI is InChI=1S/C29H27N4/c1-18-14-20(3)26(21(4)15-18)31-28(23-10-6-8-12-30-23)29-24-11-7-9-13-33(24)25-17-19(2)16-22(5)27(25)32-29/h6-17H,1-5H3/q+1. The van der Waals surface area contributed by atoms with Crippen LogP contribution in [-0.4, -0.2) is 15.7 Å². The van der Waals surface area contributed by atoms with Crippen molar-refractivity contribution in [3.8, 4) is 0 Å². The molecule has 33 heavy (non-hydrogen) atoms. The highest BCUT2D eigenvalue weighted by molar-refractivity contribution is 6.15. The molecule has 0 saturated heterocycles. The maximum atomic E-state index is 5.22. The lowest BCUT2D eigenvalue weighted by Crippen LogP contribution is -2.27. The van der Waals surface area contributed by atoms with Crippen LogP contribution in [0.1, 0.15) is 39.2 Å². The fourth-order valence-electron chi connectivity index (χ4n) is 4.65. The largest absolute Gasteiger partial charge is 0.255 e. The van der Waals surface area contributed by atoms with E-state index in [4.69, 9.17) is 9.98 Å². The molecule has 0 N–H and O–H groups in total. The van der Waals surface area contributed by atoms with Crippen molar-refractivity contribution in [3.63, 3.8) is 0 Å². The third kappa shape index (κ3) is 3.78. The predicted molar refractivity (Wildman–Crippen MR) is 135 cm³/mol. The predicted octanol–water partition coefficient (Wildman–Crippen LogP) is 6.08. The Labute approximate surface area is 194 Å². The highest BCUT2D eigenvalue weighted by Crippen LogP contribution is 2.28. The molecule has 2 aromatic carbocycles. The van der Waals surface area contributed by atoms with Gasteiger partial charge in [0.25, 0.3) is 0 Å². The van der Waals surface area contributed by atoms with Crippen molar-refractivity contribution in [2.45, 2.75) is 34.6 Å². The summed E-state index contributed by atoms with van der Waals surface area (Å²) < 4.78 is 2.21. The van der Waals surface area contributed by atoms with Crippen molar-refractivity contribution in [2.24, 2.45) is 4.99 Å². The maximum absolute atomic E-state index is 5.22. The summed E-state index contributed by atoms with van der Waals surface area (Å²) in [6.07, 6.45) is 3.91. The molecule has 0 bridgehead atoms. The number of aryl methyl sites for hydroxylation is 5. The molecule has 0 unspecified atom stereocenters. The Morgan fingerprint density at radius 2 is 1.45 bits per heavy atom. The average molecular weight is 432 g/mol. The lowest BCUT2D eigenvalue weighted by molar-refractivity contribution is -0.482. The van der Waals surface area contributed by atoms with Crippen LogP contribution >= 0.6 is 0 Å². The molecule has 0 aliphatic heterocycles. The monoisotopic (exact) mass is 431 g/mol. The Morgan fingerprint density at radius 3 is 2.18 bits per heavy atom. The molecular weight excluding hydrogens is 404 g/mol. The molecule has 3 aromatic heterocycles. The van der Waals surface area contributed by atoms with Crippen molar-refractivity contribution < 1.29 is 4.40 Å². The molecule has 162 valence electrons. The lowest BCUT2D eigenvalue weighted by atomic mass is 10.0. The average Bonchev–Trinajstić information content (AvgIpc) is 2.79. The van der Waals surface area contributed by atoms with Crippen LogP contribution in [0, 0.1) is 34.6 Å². The van der Waals surface area contributed by atoms with E-state index >= 15 is 0 Å². The molecule has 4 nitrogen and oxygen atoms in total. The van der Waals surface area contributed by atoms with Gasteiger partial charge in [-0.3, -0.25) is 4.98 Å². The normalized spacial score (nSPS) is 12.0. The van der Waals surface area contributed by atoms with E-state index in [-0.39, 0.29) is 0 Å². The summed E-state index contributed by atoms with van der Waals surface area (Å²) in [6, 6.07) is 20.9. The van der Waals surface area contributed by atoms with Gasteiger partial charge in [0.05, 0.1) is 11.4 Å². The van der Waals surface area contributed by atoms with E-state index in [9.17, 15) is 0 Å². The van der Waals surface area contributed by atoms with Crippen molar-refractivity contribution in [2.75, 3.05) is 0 Å².